The highest BCUT2D eigenvalue weighted by atomic mass is 16.6. The van der Waals surface area contributed by atoms with Gasteiger partial charge in [0.1, 0.15) is 5.60 Å². The van der Waals surface area contributed by atoms with Gasteiger partial charge in [0.15, 0.2) is 0 Å². The van der Waals surface area contributed by atoms with Gasteiger partial charge >= 0.3 is 6.09 Å². The van der Waals surface area contributed by atoms with E-state index >= 15 is 0 Å². The minimum atomic E-state index is -0.423. The molecule has 1 aromatic carbocycles. The number of likely N-dealkylation sites (tertiary alicyclic amines) is 2. The van der Waals surface area contributed by atoms with Crippen LogP contribution in [0.4, 0.5) is 4.79 Å². The fourth-order valence-electron chi connectivity index (χ4n) is 5.92. The minimum Gasteiger partial charge on any atom is -0.444 e. The predicted molar refractivity (Wildman–Crippen MR) is 118 cm³/mol. The Labute approximate surface area is 180 Å². The summed E-state index contributed by atoms with van der Waals surface area (Å²) < 4.78 is 5.54. The van der Waals surface area contributed by atoms with Crippen LogP contribution in [0.25, 0.3) is 0 Å². The Morgan fingerprint density at radius 1 is 1.07 bits per heavy atom. The topological polar surface area (TPSA) is 58.8 Å². The van der Waals surface area contributed by atoms with Crippen molar-refractivity contribution in [1.29, 1.82) is 0 Å². The molecular weight excluding hydrogens is 374 g/mol. The molecule has 1 amide bonds. The van der Waals surface area contributed by atoms with Gasteiger partial charge in [-0.25, -0.2) is 4.79 Å². The van der Waals surface area contributed by atoms with Crippen molar-refractivity contribution in [3.8, 4) is 0 Å². The second-order valence-corrected chi connectivity index (χ2v) is 11.5. The van der Waals surface area contributed by atoms with Gasteiger partial charge in [-0.1, -0.05) is 37.1 Å². The second kappa shape index (κ2) is 6.96. The van der Waals surface area contributed by atoms with Crippen molar-refractivity contribution in [2.24, 2.45) is 17.1 Å². The van der Waals surface area contributed by atoms with Crippen LogP contribution in [-0.2, 0) is 10.3 Å². The molecule has 2 heterocycles. The van der Waals surface area contributed by atoms with Crippen LogP contribution in [0.3, 0.4) is 0 Å². The maximum Gasteiger partial charge on any atom is 0.410 e. The fourth-order valence-corrected chi connectivity index (χ4v) is 5.92. The number of amides is 1. The third-order valence-electron chi connectivity index (χ3n) is 7.64. The first-order chi connectivity index (χ1) is 14.2. The van der Waals surface area contributed by atoms with Gasteiger partial charge in [0.05, 0.1) is 0 Å². The van der Waals surface area contributed by atoms with Crippen LogP contribution in [0.5, 0.6) is 0 Å². The summed E-state index contributed by atoms with van der Waals surface area (Å²) in [4.78, 5) is 16.9. The second-order valence-electron chi connectivity index (χ2n) is 11.5. The predicted octanol–water partition coefficient (Wildman–Crippen LogP) is 4.42. The van der Waals surface area contributed by atoms with Crippen LogP contribution in [0, 0.1) is 11.3 Å². The molecule has 2 saturated carbocycles. The van der Waals surface area contributed by atoms with E-state index in [-0.39, 0.29) is 17.0 Å². The van der Waals surface area contributed by atoms with E-state index < -0.39 is 5.60 Å². The standard InChI is InChI=1S/C25H37N3O2/c1-23(2,3)30-22(29)28-16-24(17-28)14-27(15-24)21(18-6-4-5-7-18)19-8-10-20(11-9-19)25(26)12-13-25/h8-11,18,21H,4-7,12-17,26H2,1-3H3. The minimum absolute atomic E-state index is 0.0563. The molecule has 0 aromatic heterocycles. The Morgan fingerprint density at radius 2 is 1.67 bits per heavy atom. The first-order valence-electron chi connectivity index (χ1n) is 11.8. The first-order valence-corrected chi connectivity index (χ1v) is 11.8. The van der Waals surface area contributed by atoms with E-state index in [0.717, 1.165) is 44.9 Å². The lowest BCUT2D eigenvalue weighted by molar-refractivity contribution is -0.134. The zero-order valence-corrected chi connectivity index (χ0v) is 18.8. The molecule has 1 aromatic rings. The summed E-state index contributed by atoms with van der Waals surface area (Å²) in [5.74, 6) is 0.753. The summed E-state index contributed by atoms with van der Waals surface area (Å²) in [6.07, 6.45) is 7.45. The Bertz CT molecular complexity index is 789. The van der Waals surface area contributed by atoms with E-state index in [1.807, 2.05) is 25.7 Å². The SMILES string of the molecule is CC(C)(C)OC(=O)N1CC2(C1)CN(C(c1ccc(C3(N)CC3)cc1)C1CCCC1)C2. The lowest BCUT2D eigenvalue weighted by Crippen LogP contribution is -2.73. The summed E-state index contributed by atoms with van der Waals surface area (Å²) in [6, 6.07) is 9.73. The molecule has 0 radical (unpaired) electrons. The number of benzene rings is 1. The number of hydrogen-bond donors (Lipinski definition) is 1. The van der Waals surface area contributed by atoms with Crippen molar-refractivity contribution < 1.29 is 9.53 Å². The molecule has 2 N–H and O–H groups in total. The maximum atomic E-state index is 12.3. The van der Waals surface area contributed by atoms with Gasteiger partial charge in [-0.05, 0) is 63.5 Å². The molecule has 1 atom stereocenters. The van der Waals surface area contributed by atoms with Gasteiger partial charge < -0.3 is 15.4 Å². The Morgan fingerprint density at radius 3 is 2.20 bits per heavy atom. The number of rotatable bonds is 4. The summed E-state index contributed by atoms with van der Waals surface area (Å²) in [6.45, 7) is 9.65. The normalized spacial score (nSPS) is 26.2. The van der Waals surface area contributed by atoms with E-state index in [4.69, 9.17) is 10.5 Å². The largest absolute Gasteiger partial charge is 0.444 e. The molecule has 5 nitrogen and oxygen atoms in total. The number of carbonyl (C=O) groups excluding carboxylic acids is 1. The molecule has 30 heavy (non-hydrogen) atoms. The highest BCUT2D eigenvalue weighted by Crippen LogP contribution is 2.49. The highest BCUT2D eigenvalue weighted by Gasteiger charge is 2.56. The molecule has 5 rings (SSSR count). The molecule has 2 aliphatic heterocycles. The summed E-state index contributed by atoms with van der Waals surface area (Å²) in [5, 5.41) is 0. The van der Waals surface area contributed by atoms with Crippen molar-refractivity contribution in [3.63, 3.8) is 0 Å². The lowest BCUT2D eigenvalue weighted by atomic mass is 9.70. The monoisotopic (exact) mass is 411 g/mol. The van der Waals surface area contributed by atoms with E-state index in [1.165, 1.54) is 36.8 Å². The maximum absolute atomic E-state index is 12.3. The number of nitrogens with two attached hydrogens (primary N) is 1. The molecule has 0 bridgehead atoms. The number of carbonyl (C=O) groups is 1. The lowest BCUT2D eigenvalue weighted by Gasteiger charge is -2.62. The molecule has 1 unspecified atom stereocenters. The zero-order valence-electron chi connectivity index (χ0n) is 18.8. The first kappa shape index (κ1) is 20.3. The van der Waals surface area contributed by atoms with Crippen molar-refractivity contribution in [2.75, 3.05) is 26.2 Å². The van der Waals surface area contributed by atoms with Crippen LogP contribution in [-0.4, -0.2) is 47.7 Å². The van der Waals surface area contributed by atoms with Crippen LogP contribution < -0.4 is 5.73 Å². The number of ether oxygens (including phenoxy) is 1. The average Bonchev–Trinajstić information content (AvgIpc) is 3.13. The van der Waals surface area contributed by atoms with Crippen LogP contribution in [0.15, 0.2) is 24.3 Å². The number of nitrogens with zero attached hydrogens (tertiary/aromatic N) is 2. The van der Waals surface area contributed by atoms with Gasteiger partial charge in [0.2, 0.25) is 0 Å². The van der Waals surface area contributed by atoms with E-state index in [9.17, 15) is 4.79 Å². The Balaban J connectivity index is 1.24. The van der Waals surface area contributed by atoms with E-state index in [2.05, 4.69) is 29.2 Å². The molecule has 4 fully saturated rings. The van der Waals surface area contributed by atoms with Crippen LogP contribution >= 0.6 is 0 Å². The molecule has 2 saturated heterocycles. The molecule has 4 aliphatic rings. The van der Waals surface area contributed by atoms with Crippen molar-refractivity contribution >= 4 is 6.09 Å². The number of hydrogen-bond acceptors (Lipinski definition) is 4. The highest BCUT2D eigenvalue weighted by molar-refractivity contribution is 5.69. The van der Waals surface area contributed by atoms with E-state index in [1.54, 1.807) is 0 Å². The van der Waals surface area contributed by atoms with Gasteiger partial charge in [-0.3, -0.25) is 4.90 Å². The zero-order chi connectivity index (χ0) is 21.1. The van der Waals surface area contributed by atoms with Gasteiger partial charge in [0.25, 0.3) is 0 Å². The van der Waals surface area contributed by atoms with Gasteiger partial charge in [0, 0.05) is 43.2 Å². The molecule has 5 heteroatoms. The van der Waals surface area contributed by atoms with Crippen LogP contribution in [0.2, 0.25) is 0 Å². The molecule has 164 valence electrons. The van der Waals surface area contributed by atoms with Crippen molar-refractivity contribution in [1.82, 2.24) is 9.80 Å². The Kier molecular flexibility index (Phi) is 4.71. The third-order valence-corrected chi connectivity index (χ3v) is 7.64. The molecular formula is C25H37N3O2. The fraction of sp³-hybridized carbons (Fsp3) is 0.720. The smallest absolute Gasteiger partial charge is 0.410 e. The summed E-state index contributed by atoms with van der Waals surface area (Å²) in [5.41, 5.74) is 8.95. The third kappa shape index (κ3) is 3.75. The average molecular weight is 412 g/mol. The van der Waals surface area contributed by atoms with Crippen LogP contribution in [0.1, 0.15) is 76.5 Å². The molecule has 2 aliphatic carbocycles. The Hall–Kier alpha value is -1.59. The summed E-state index contributed by atoms with van der Waals surface area (Å²) in [7, 11) is 0. The van der Waals surface area contributed by atoms with Gasteiger partial charge in [-0.15, -0.1) is 0 Å². The quantitative estimate of drug-likeness (QED) is 0.797. The van der Waals surface area contributed by atoms with Crippen molar-refractivity contribution in [3.05, 3.63) is 35.4 Å². The molecule has 1 spiro atoms. The summed E-state index contributed by atoms with van der Waals surface area (Å²) >= 11 is 0. The van der Waals surface area contributed by atoms with Crippen molar-refractivity contribution in [2.45, 2.75) is 76.5 Å². The van der Waals surface area contributed by atoms with Gasteiger partial charge in [-0.2, -0.15) is 0 Å². The van der Waals surface area contributed by atoms with E-state index in [0.29, 0.717) is 6.04 Å².